The fourth-order valence-corrected chi connectivity index (χ4v) is 4.21. The van der Waals surface area contributed by atoms with Gasteiger partial charge in [-0.05, 0) is 36.8 Å². The summed E-state index contributed by atoms with van der Waals surface area (Å²) in [4.78, 5) is 29.0. The second-order valence-corrected chi connectivity index (χ2v) is 8.85. The van der Waals surface area contributed by atoms with E-state index in [0.29, 0.717) is 57.6 Å². The van der Waals surface area contributed by atoms with E-state index >= 15 is 0 Å². The highest BCUT2D eigenvalue weighted by Gasteiger charge is 2.19. The molecule has 1 aliphatic heterocycles. The average molecular weight is 505 g/mol. The van der Waals surface area contributed by atoms with Crippen LogP contribution in [-0.4, -0.2) is 68.3 Å². The van der Waals surface area contributed by atoms with E-state index in [1.807, 2.05) is 6.92 Å². The summed E-state index contributed by atoms with van der Waals surface area (Å²) in [6.45, 7) is 7.22. The molecule has 0 atom stereocenters. The Morgan fingerprint density at radius 1 is 1.03 bits per heavy atom. The standard InChI is InChI=1S/C25H26Cl2N2O5/c1-2-32-24(30)15-29-9-7-28(8-10-29)11-12-33-18-4-5-19-23(14-18)34-16-20(25(19)31)17-3-6-21(26)22(27)13-17/h3-6,13-14,16H,2,7-12,15H2,1H3. The molecule has 0 saturated carbocycles. The van der Waals surface area contributed by atoms with Gasteiger partial charge in [0.1, 0.15) is 24.2 Å². The monoisotopic (exact) mass is 504 g/mol. The lowest BCUT2D eigenvalue weighted by atomic mass is 10.1. The van der Waals surface area contributed by atoms with Crippen LogP contribution in [0, 0.1) is 0 Å². The molecule has 1 aliphatic rings. The number of hydrogen-bond donors (Lipinski definition) is 0. The van der Waals surface area contributed by atoms with Crippen LogP contribution in [0.2, 0.25) is 10.0 Å². The van der Waals surface area contributed by atoms with Crippen molar-refractivity contribution in [2.45, 2.75) is 6.92 Å². The third-order valence-corrected chi connectivity index (χ3v) is 6.51. The Labute approximate surface area is 207 Å². The molecule has 1 saturated heterocycles. The molecule has 3 aromatic rings. The minimum atomic E-state index is -0.175. The van der Waals surface area contributed by atoms with Gasteiger partial charge in [0.15, 0.2) is 5.43 Å². The van der Waals surface area contributed by atoms with E-state index in [9.17, 15) is 9.59 Å². The van der Waals surface area contributed by atoms with Crippen molar-refractivity contribution >= 4 is 40.1 Å². The normalized spacial score (nSPS) is 14.9. The molecule has 0 radical (unpaired) electrons. The highest BCUT2D eigenvalue weighted by Crippen LogP contribution is 2.28. The van der Waals surface area contributed by atoms with Crippen LogP contribution < -0.4 is 10.2 Å². The number of esters is 1. The summed E-state index contributed by atoms with van der Waals surface area (Å²) in [6, 6.07) is 10.3. The van der Waals surface area contributed by atoms with E-state index < -0.39 is 0 Å². The van der Waals surface area contributed by atoms with Crippen LogP contribution in [0.1, 0.15) is 6.92 Å². The lowest BCUT2D eigenvalue weighted by Gasteiger charge is -2.33. The van der Waals surface area contributed by atoms with Crippen LogP contribution in [0.25, 0.3) is 22.1 Å². The predicted molar refractivity (Wildman–Crippen MR) is 133 cm³/mol. The van der Waals surface area contributed by atoms with E-state index in [1.165, 1.54) is 6.26 Å². The van der Waals surface area contributed by atoms with Crippen molar-refractivity contribution in [2.75, 3.05) is 52.5 Å². The zero-order valence-electron chi connectivity index (χ0n) is 18.9. The number of benzene rings is 2. The molecule has 4 rings (SSSR count). The maximum absolute atomic E-state index is 13.0. The van der Waals surface area contributed by atoms with E-state index in [0.717, 1.165) is 32.7 Å². The molecule has 7 nitrogen and oxygen atoms in total. The van der Waals surface area contributed by atoms with Gasteiger partial charge >= 0.3 is 5.97 Å². The van der Waals surface area contributed by atoms with Crippen LogP contribution in [0.3, 0.4) is 0 Å². The molecule has 0 N–H and O–H groups in total. The number of fused-ring (bicyclic) bond motifs is 1. The molecule has 0 spiro atoms. The number of hydrogen-bond acceptors (Lipinski definition) is 7. The van der Waals surface area contributed by atoms with E-state index in [-0.39, 0.29) is 11.4 Å². The van der Waals surface area contributed by atoms with Gasteiger partial charge in [0.05, 0.1) is 34.1 Å². The Bertz CT molecular complexity index is 1220. The maximum atomic E-state index is 13.0. The first-order chi connectivity index (χ1) is 16.4. The van der Waals surface area contributed by atoms with Gasteiger partial charge in [-0.2, -0.15) is 0 Å². The minimum absolute atomic E-state index is 0.146. The van der Waals surface area contributed by atoms with Gasteiger partial charge in [0.25, 0.3) is 0 Å². The van der Waals surface area contributed by atoms with Gasteiger partial charge in [-0.1, -0.05) is 29.3 Å². The number of piperazine rings is 1. The van der Waals surface area contributed by atoms with Crippen molar-refractivity contribution < 1.29 is 18.7 Å². The third kappa shape index (κ3) is 5.91. The topological polar surface area (TPSA) is 72.2 Å². The van der Waals surface area contributed by atoms with Gasteiger partial charge < -0.3 is 13.9 Å². The first-order valence-electron chi connectivity index (χ1n) is 11.2. The molecule has 1 aromatic heterocycles. The summed E-state index contributed by atoms with van der Waals surface area (Å²) in [5.41, 5.74) is 1.38. The lowest BCUT2D eigenvalue weighted by molar-refractivity contribution is -0.144. The Morgan fingerprint density at radius 3 is 2.53 bits per heavy atom. The fraction of sp³-hybridized carbons (Fsp3) is 0.360. The first kappa shape index (κ1) is 24.5. The van der Waals surface area contributed by atoms with Crippen molar-refractivity contribution in [2.24, 2.45) is 0 Å². The first-order valence-corrected chi connectivity index (χ1v) is 11.9. The van der Waals surface area contributed by atoms with Gasteiger partial charge in [-0.15, -0.1) is 0 Å². The summed E-state index contributed by atoms with van der Waals surface area (Å²) < 4.78 is 16.6. The van der Waals surface area contributed by atoms with Crippen LogP contribution in [-0.2, 0) is 9.53 Å². The van der Waals surface area contributed by atoms with Gasteiger partial charge in [0, 0.05) is 38.8 Å². The number of halogens is 2. The fourth-order valence-electron chi connectivity index (χ4n) is 3.91. The smallest absolute Gasteiger partial charge is 0.320 e. The zero-order valence-corrected chi connectivity index (χ0v) is 20.4. The van der Waals surface area contributed by atoms with Crippen LogP contribution in [0.15, 0.2) is 51.9 Å². The highest BCUT2D eigenvalue weighted by atomic mass is 35.5. The number of ether oxygens (including phenoxy) is 2. The summed E-state index contributed by atoms with van der Waals surface area (Å²) in [6.07, 6.45) is 1.43. The second kappa shape index (κ2) is 11.2. The molecule has 1 fully saturated rings. The van der Waals surface area contributed by atoms with Crippen LogP contribution in [0.5, 0.6) is 5.75 Å². The van der Waals surface area contributed by atoms with Gasteiger partial charge in [0.2, 0.25) is 0 Å². The Balaban J connectivity index is 1.33. The molecular weight excluding hydrogens is 479 g/mol. The quantitative estimate of drug-likeness (QED) is 0.422. The number of carbonyl (C=O) groups is 1. The highest BCUT2D eigenvalue weighted by molar-refractivity contribution is 6.42. The maximum Gasteiger partial charge on any atom is 0.320 e. The van der Waals surface area contributed by atoms with Gasteiger partial charge in [-0.25, -0.2) is 0 Å². The number of rotatable bonds is 8. The second-order valence-electron chi connectivity index (χ2n) is 8.04. The molecule has 0 aliphatic carbocycles. The Hall–Kier alpha value is -2.58. The van der Waals surface area contributed by atoms with E-state index in [4.69, 9.17) is 37.1 Å². The molecule has 2 heterocycles. The largest absolute Gasteiger partial charge is 0.492 e. The van der Waals surface area contributed by atoms with Crippen molar-refractivity contribution in [3.05, 3.63) is 62.9 Å². The Kier molecular flexibility index (Phi) is 8.11. The molecule has 9 heteroatoms. The molecule has 180 valence electrons. The molecule has 0 bridgehead atoms. The average Bonchev–Trinajstić information content (AvgIpc) is 2.82. The zero-order chi connectivity index (χ0) is 24.1. The van der Waals surface area contributed by atoms with Crippen molar-refractivity contribution in [1.82, 2.24) is 9.80 Å². The summed E-state index contributed by atoms with van der Waals surface area (Å²) >= 11 is 12.1. The summed E-state index contributed by atoms with van der Waals surface area (Å²) in [5, 5.41) is 1.27. The summed E-state index contributed by atoms with van der Waals surface area (Å²) in [7, 11) is 0. The van der Waals surface area contributed by atoms with Crippen molar-refractivity contribution in [3.63, 3.8) is 0 Å². The number of nitrogens with zero attached hydrogens (tertiary/aromatic N) is 2. The van der Waals surface area contributed by atoms with Crippen LogP contribution in [0.4, 0.5) is 0 Å². The summed E-state index contributed by atoms with van der Waals surface area (Å²) in [5.74, 6) is 0.463. The van der Waals surface area contributed by atoms with Crippen molar-refractivity contribution in [1.29, 1.82) is 0 Å². The molecule has 0 amide bonds. The number of carbonyl (C=O) groups excluding carboxylic acids is 1. The lowest BCUT2D eigenvalue weighted by Crippen LogP contribution is -2.49. The predicted octanol–water partition coefficient (Wildman–Crippen LogP) is 4.33. The van der Waals surface area contributed by atoms with Crippen molar-refractivity contribution in [3.8, 4) is 16.9 Å². The van der Waals surface area contributed by atoms with E-state index in [2.05, 4.69) is 9.80 Å². The Morgan fingerprint density at radius 2 is 1.79 bits per heavy atom. The molecular formula is C25H26Cl2N2O5. The molecule has 0 unspecified atom stereocenters. The van der Waals surface area contributed by atoms with Crippen LogP contribution >= 0.6 is 23.2 Å². The van der Waals surface area contributed by atoms with E-state index in [1.54, 1.807) is 36.4 Å². The molecule has 34 heavy (non-hydrogen) atoms. The van der Waals surface area contributed by atoms with Gasteiger partial charge in [-0.3, -0.25) is 19.4 Å². The molecule has 2 aromatic carbocycles. The third-order valence-electron chi connectivity index (χ3n) is 5.78. The SMILES string of the molecule is CCOC(=O)CN1CCN(CCOc2ccc3c(=O)c(-c4ccc(Cl)c(Cl)c4)coc3c2)CC1. The minimum Gasteiger partial charge on any atom is -0.492 e.